The predicted molar refractivity (Wildman–Crippen MR) is 79.1 cm³/mol. The molecule has 0 fully saturated rings. The first-order chi connectivity index (χ1) is 6.79. The van der Waals surface area contributed by atoms with E-state index in [1.54, 1.807) is 28.7 Å². The summed E-state index contributed by atoms with van der Waals surface area (Å²) in [5.41, 5.74) is 0. The van der Waals surface area contributed by atoms with Crippen LogP contribution in [0.4, 0.5) is 0 Å². The molecule has 0 aromatic heterocycles. The second-order valence-corrected chi connectivity index (χ2v) is 7.19. The molecule has 0 aliphatic rings. The maximum absolute atomic E-state index is 11.0. The molecule has 1 aromatic rings. The van der Waals surface area contributed by atoms with Gasteiger partial charge in [-0.3, -0.25) is 0 Å². The summed E-state index contributed by atoms with van der Waals surface area (Å²) in [6.45, 7) is 0. The van der Waals surface area contributed by atoms with E-state index in [0.29, 0.717) is 12.9 Å². The van der Waals surface area contributed by atoms with Crippen LogP contribution in [0, 0.1) is 10.7 Å². The predicted octanol–water partition coefficient (Wildman–Crippen LogP) is 2.41. The molecule has 15 heavy (non-hydrogen) atoms. The zero-order valence-corrected chi connectivity index (χ0v) is 14.5. The van der Waals surface area contributed by atoms with Crippen molar-refractivity contribution in [3.05, 3.63) is 16.8 Å². The topological polar surface area (TPSA) is 66.4 Å². The van der Waals surface area contributed by atoms with Crippen molar-refractivity contribution < 1.29 is 17.7 Å². The number of methoxy groups -OCH3 is 1. The fourth-order valence-electron chi connectivity index (χ4n) is 0.971. The minimum Gasteiger partial charge on any atom is -0.744 e. The third-order valence-corrected chi connectivity index (χ3v) is 5.88. The molecule has 0 spiro atoms. The molecule has 8 heteroatoms. The highest BCUT2D eigenvalue weighted by Crippen LogP contribution is 2.35. The molecule has 0 N–H and O–H groups in total. The van der Waals surface area contributed by atoms with Crippen LogP contribution in [0.1, 0.15) is 0 Å². The fraction of sp³-hybridized carbons (Fsp3) is 0.143. The lowest BCUT2D eigenvalue weighted by molar-refractivity contribution is 0.405. The molecule has 1 rings (SSSR count). The van der Waals surface area contributed by atoms with Crippen molar-refractivity contribution in [1.82, 2.24) is 0 Å². The standard InChI is InChI=1S/C7H5I3O4S/c1-14-6-3(8)2-4(9)7(5(6)10)15(11,12)13/h2H,1H3,(H,11,12,13)/p-1. The number of hydrogen-bond acceptors (Lipinski definition) is 4. The average Bonchev–Trinajstić information content (AvgIpc) is 2.00. The molecular weight excluding hydrogens is 561 g/mol. The zero-order valence-electron chi connectivity index (χ0n) is 7.25. The lowest BCUT2D eigenvalue weighted by Gasteiger charge is -2.15. The van der Waals surface area contributed by atoms with Gasteiger partial charge in [0.15, 0.2) is 0 Å². The average molecular weight is 565 g/mol. The van der Waals surface area contributed by atoms with Crippen LogP contribution in [0.2, 0.25) is 0 Å². The first-order valence-corrected chi connectivity index (χ1v) is 8.11. The maximum Gasteiger partial charge on any atom is 0.146 e. The van der Waals surface area contributed by atoms with E-state index in [0.717, 1.165) is 3.57 Å². The van der Waals surface area contributed by atoms with Crippen molar-refractivity contribution in [2.24, 2.45) is 0 Å². The Morgan fingerprint density at radius 1 is 1.27 bits per heavy atom. The van der Waals surface area contributed by atoms with Gasteiger partial charge in [0.25, 0.3) is 0 Å². The van der Waals surface area contributed by atoms with Crippen LogP contribution < -0.4 is 4.74 Å². The quantitative estimate of drug-likeness (QED) is 0.409. The van der Waals surface area contributed by atoms with Crippen molar-refractivity contribution >= 4 is 77.9 Å². The Morgan fingerprint density at radius 3 is 2.20 bits per heavy atom. The summed E-state index contributed by atoms with van der Waals surface area (Å²) < 4.78 is 39.7. The fourth-order valence-corrected chi connectivity index (χ4v) is 7.01. The van der Waals surface area contributed by atoms with E-state index >= 15 is 0 Å². The Labute approximate surface area is 128 Å². The number of halogens is 3. The zero-order chi connectivity index (χ0) is 11.8. The first-order valence-electron chi connectivity index (χ1n) is 3.46. The lowest BCUT2D eigenvalue weighted by Crippen LogP contribution is -2.07. The Kier molecular flexibility index (Phi) is 4.90. The number of hydrogen-bond donors (Lipinski definition) is 0. The molecule has 0 bridgehead atoms. The van der Waals surface area contributed by atoms with Crippen LogP contribution in [0.15, 0.2) is 11.0 Å². The largest absolute Gasteiger partial charge is 0.744 e. The monoisotopic (exact) mass is 565 g/mol. The lowest BCUT2D eigenvalue weighted by atomic mass is 10.3. The minimum atomic E-state index is -4.46. The van der Waals surface area contributed by atoms with E-state index in [4.69, 9.17) is 4.74 Å². The van der Waals surface area contributed by atoms with Crippen molar-refractivity contribution in [3.8, 4) is 5.75 Å². The smallest absolute Gasteiger partial charge is 0.146 e. The van der Waals surface area contributed by atoms with Crippen LogP contribution in [0.5, 0.6) is 5.75 Å². The van der Waals surface area contributed by atoms with E-state index in [9.17, 15) is 13.0 Å². The molecule has 4 nitrogen and oxygen atoms in total. The van der Waals surface area contributed by atoms with Crippen molar-refractivity contribution in [2.45, 2.75) is 4.90 Å². The van der Waals surface area contributed by atoms with Gasteiger partial charge in [-0.1, -0.05) is 0 Å². The van der Waals surface area contributed by atoms with Crippen LogP contribution in [-0.4, -0.2) is 20.1 Å². The maximum atomic E-state index is 11.0. The van der Waals surface area contributed by atoms with Crippen LogP contribution in [-0.2, 0) is 10.1 Å². The van der Waals surface area contributed by atoms with Gasteiger partial charge in [-0.05, 0) is 73.8 Å². The van der Waals surface area contributed by atoms with Crippen LogP contribution in [0.3, 0.4) is 0 Å². The van der Waals surface area contributed by atoms with Gasteiger partial charge < -0.3 is 9.29 Å². The van der Waals surface area contributed by atoms with E-state index in [1.165, 1.54) is 7.11 Å². The van der Waals surface area contributed by atoms with E-state index in [-0.39, 0.29) is 4.90 Å². The third kappa shape index (κ3) is 3.07. The normalized spacial score (nSPS) is 11.5. The molecule has 0 heterocycles. The van der Waals surface area contributed by atoms with Gasteiger partial charge in [-0.2, -0.15) is 0 Å². The molecule has 1 aromatic carbocycles. The van der Waals surface area contributed by atoms with Crippen LogP contribution in [0.25, 0.3) is 0 Å². The minimum absolute atomic E-state index is 0.207. The Morgan fingerprint density at radius 2 is 1.80 bits per heavy atom. The van der Waals surface area contributed by atoms with Gasteiger partial charge in [-0.15, -0.1) is 0 Å². The van der Waals surface area contributed by atoms with Crippen molar-refractivity contribution in [2.75, 3.05) is 7.11 Å². The van der Waals surface area contributed by atoms with E-state index in [1.807, 2.05) is 45.2 Å². The van der Waals surface area contributed by atoms with Crippen molar-refractivity contribution in [1.29, 1.82) is 0 Å². The van der Waals surface area contributed by atoms with Gasteiger partial charge in [0.1, 0.15) is 15.9 Å². The molecular formula is C7H4I3O4S-. The summed E-state index contributed by atoms with van der Waals surface area (Å²) in [4.78, 5) is -0.207. The molecule has 0 aliphatic heterocycles. The molecule has 0 unspecified atom stereocenters. The van der Waals surface area contributed by atoms with Crippen LogP contribution >= 0.6 is 67.8 Å². The summed E-state index contributed by atoms with van der Waals surface area (Å²) in [7, 11) is -3.02. The molecule has 0 atom stereocenters. The van der Waals surface area contributed by atoms with Gasteiger partial charge in [0, 0.05) is 3.57 Å². The second kappa shape index (κ2) is 5.18. The number of ether oxygens (including phenoxy) is 1. The number of rotatable bonds is 2. The molecule has 0 aliphatic carbocycles. The Hall–Kier alpha value is 1.12. The van der Waals surface area contributed by atoms with Gasteiger partial charge in [-0.25, -0.2) is 8.42 Å². The van der Waals surface area contributed by atoms with Gasteiger partial charge >= 0.3 is 0 Å². The molecule has 0 amide bonds. The number of benzene rings is 1. The molecule has 0 saturated carbocycles. The Balaban J connectivity index is 3.68. The van der Waals surface area contributed by atoms with E-state index in [2.05, 4.69) is 0 Å². The third-order valence-electron chi connectivity index (χ3n) is 1.54. The first kappa shape index (κ1) is 14.2. The SMILES string of the molecule is COc1c(I)cc(I)c(S(=O)(=O)[O-])c1I. The second-order valence-electron chi connectivity index (χ2n) is 2.47. The highest BCUT2D eigenvalue weighted by Gasteiger charge is 2.18. The van der Waals surface area contributed by atoms with E-state index < -0.39 is 10.1 Å². The highest BCUT2D eigenvalue weighted by molar-refractivity contribution is 14.1. The summed E-state index contributed by atoms with van der Waals surface area (Å²) in [5.74, 6) is 0.422. The summed E-state index contributed by atoms with van der Waals surface area (Å²) in [6, 6.07) is 1.60. The van der Waals surface area contributed by atoms with Crippen molar-refractivity contribution in [3.63, 3.8) is 0 Å². The highest BCUT2D eigenvalue weighted by atomic mass is 127. The van der Waals surface area contributed by atoms with Gasteiger partial charge in [0.2, 0.25) is 0 Å². The Bertz CT molecular complexity index is 497. The summed E-state index contributed by atoms with van der Waals surface area (Å²) in [5, 5.41) is 0. The summed E-state index contributed by atoms with van der Waals surface area (Å²) >= 11 is 5.65. The summed E-state index contributed by atoms with van der Waals surface area (Å²) in [6.07, 6.45) is 0. The van der Waals surface area contributed by atoms with Gasteiger partial charge in [0.05, 0.1) is 19.1 Å². The molecule has 0 saturated heterocycles. The molecule has 84 valence electrons. The molecule has 0 radical (unpaired) electrons.